The van der Waals surface area contributed by atoms with Gasteiger partial charge in [-0.1, -0.05) is 23.7 Å². The van der Waals surface area contributed by atoms with Crippen LogP contribution in [-0.2, 0) is 0 Å². The molecule has 0 aliphatic heterocycles. The Hall–Kier alpha value is -2.14. The lowest BCUT2D eigenvalue weighted by Gasteiger charge is -2.04. The lowest BCUT2D eigenvalue weighted by atomic mass is 10.1. The van der Waals surface area contributed by atoms with Gasteiger partial charge in [-0.3, -0.25) is 5.43 Å². The van der Waals surface area contributed by atoms with Crippen molar-refractivity contribution in [2.45, 2.75) is 6.92 Å². The van der Waals surface area contributed by atoms with Crippen LogP contribution in [0.2, 0.25) is 5.15 Å². The second kappa shape index (κ2) is 5.46. The van der Waals surface area contributed by atoms with Crippen molar-refractivity contribution >= 4 is 28.8 Å². The fraction of sp³-hybridized carbons (Fsp3) is 0.0833. The molecule has 0 aliphatic carbocycles. The molecule has 0 atom stereocenters. The number of anilines is 2. The summed E-state index contributed by atoms with van der Waals surface area (Å²) in [6, 6.07) is 7.47. The molecule has 1 aromatic carbocycles. The molecule has 2 aromatic rings. The number of nitrogens with two attached hydrogens (primary N) is 1. The molecule has 0 saturated carbocycles. The molecule has 6 heteroatoms. The highest BCUT2D eigenvalue weighted by molar-refractivity contribution is 6.31. The molecule has 92 valence electrons. The van der Waals surface area contributed by atoms with Gasteiger partial charge in [0, 0.05) is 18.1 Å². The van der Waals surface area contributed by atoms with E-state index >= 15 is 0 Å². The van der Waals surface area contributed by atoms with E-state index in [-0.39, 0.29) is 5.15 Å². The number of hydrogen-bond donors (Lipinski definition) is 2. The zero-order valence-electron chi connectivity index (χ0n) is 9.76. The fourth-order valence-corrected chi connectivity index (χ4v) is 1.51. The number of halogens is 1. The highest BCUT2D eigenvalue weighted by Gasteiger charge is 2.01. The summed E-state index contributed by atoms with van der Waals surface area (Å²) in [5.41, 5.74) is 10.9. The molecule has 5 nitrogen and oxygen atoms in total. The van der Waals surface area contributed by atoms with E-state index < -0.39 is 0 Å². The lowest BCUT2D eigenvalue weighted by molar-refractivity contribution is 1.15. The number of hydrogen-bond acceptors (Lipinski definition) is 5. The number of nitrogens with zero attached hydrogens (tertiary/aromatic N) is 3. The van der Waals surface area contributed by atoms with Gasteiger partial charge in [-0.05, 0) is 24.6 Å². The first-order chi connectivity index (χ1) is 8.66. The molecule has 0 spiro atoms. The van der Waals surface area contributed by atoms with Crippen LogP contribution in [0.4, 0.5) is 11.5 Å². The zero-order chi connectivity index (χ0) is 13.0. The van der Waals surface area contributed by atoms with Crippen LogP contribution >= 0.6 is 11.6 Å². The van der Waals surface area contributed by atoms with Crippen LogP contribution in [0.3, 0.4) is 0 Å². The van der Waals surface area contributed by atoms with Crippen LogP contribution in [0.15, 0.2) is 41.8 Å². The molecule has 2 rings (SSSR count). The third kappa shape index (κ3) is 2.95. The number of nitrogens with one attached hydrogen (secondary N) is 1. The summed E-state index contributed by atoms with van der Waals surface area (Å²) in [4.78, 5) is 7.92. The Kier molecular flexibility index (Phi) is 3.74. The lowest BCUT2D eigenvalue weighted by Crippen LogP contribution is -2.02. The predicted molar refractivity (Wildman–Crippen MR) is 73.7 cm³/mol. The minimum Gasteiger partial charge on any atom is -0.399 e. The molecular weight excluding hydrogens is 250 g/mol. The first-order valence-electron chi connectivity index (χ1n) is 5.29. The predicted octanol–water partition coefficient (Wildman–Crippen LogP) is 2.55. The molecule has 18 heavy (non-hydrogen) atoms. The molecule has 0 saturated heterocycles. The van der Waals surface area contributed by atoms with E-state index in [0.29, 0.717) is 11.5 Å². The van der Waals surface area contributed by atoms with E-state index in [4.69, 9.17) is 17.3 Å². The van der Waals surface area contributed by atoms with Gasteiger partial charge in [-0.15, -0.1) is 0 Å². The monoisotopic (exact) mass is 261 g/mol. The molecular formula is C12H12ClN5. The van der Waals surface area contributed by atoms with Gasteiger partial charge in [0.2, 0.25) is 0 Å². The summed E-state index contributed by atoms with van der Waals surface area (Å²) in [5, 5.41) is 4.47. The fourth-order valence-electron chi connectivity index (χ4n) is 1.36. The Morgan fingerprint density at radius 1 is 1.33 bits per heavy atom. The van der Waals surface area contributed by atoms with Gasteiger partial charge in [0.25, 0.3) is 0 Å². The van der Waals surface area contributed by atoms with Crippen molar-refractivity contribution < 1.29 is 0 Å². The van der Waals surface area contributed by atoms with Crippen molar-refractivity contribution in [1.82, 2.24) is 9.97 Å². The molecule has 3 N–H and O–H groups in total. The van der Waals surface area contributed by atoms with Gasteiger partial charge in [0.1, 0.15) is 0 Å². The molecule has 1 heterocycles. The Morgan fingerprint density at radius 3 is 2.83 bits per heavy atom. The molecule has 0 radical (unpaired) electrons. The van der Waals surface area contributed by atoms with Crippen molar-refractivity contribution in [3.05, 3.63) is 47.4 Å². The zero-order valence-corrected chi connectivity index (χ0v) is 10.5. The first kappa shape index (κ1) is 12.3. The van der Waals surface area contributed by atoms with E-state index in [0.717, 1.165) is 11.3 Å². The topological polar surface area (TPSA) is 76.2 Å². The summed E-state index contributed by atoms with van der Waals surface area (Å²) in [6.07, 6.45) is 3.06. The van der Waals surface area contributed by atoms with Gasteiger partial charge < -0.3 is 5.73 Å². The standard InChI is InChI=1S/C12H12ClN5/c1-8(9-3-2-4-10(14)7-9)17-18-12-11(13)15-5-6-16-12/h2-7H,14H2,1H3,(H,16,18). The van der Waals surface area contributed by atoms with Crippen LogP contribution in [0.1, 0.15) is 12.5 Å². The van der Waals surface area contributed by atoms with E-state index in [1.54, 1.807) is 6.20 Å². The normalized spacial score (nSPS) is 11.3. The average Bonchev–Trinajstić information content (AvgIpc) is 2.37. The highest BCUT2D eigenvalue weighted by Crippen LogP contribution is 2.14. The Morgan fingerprint density at radius 2 is 2.11 bits per heavy atom. The summed E-state index contributed by atoms with van der Waals surface area (Å²) >= 11 is 5.85. The third-order valence-electron chi connectivity index (χ3n) is 2.29. The van der Waals surface area contributed by atoms with E-state index in [2.05, 4.69) is 20.5 Å². The van der Waals surface area contributed by atoms with Gasteiger partial charge >= 0.3 is 0 Å². The highest BCUT2D eigenvalue weighted by atomic mass is 35.5. The number of hydrazone groups is 1. The van der Waals surface area contributed by atoms with Gasteiger partial charge in [-0.2, -0.15) is 5.10 Å². The minimum atomic E-state index is 0.279. The van der Waals surface area contributed by atoms with Crippen LogP contribution in [0.25, 0.3) is 0 Å². The van der Waals surface area contributed by atoms with Gasteiger partial charge in [0.15, 0.2) is 11.0 Å². The number of aromatic nitrogens is 2. The molecule has 1 aromatic heterocycles. The summed E-state index contributed by atoms with van der Waals surface area (Å²) in [5.74, 6) is 0.419. The largest absolute Gasteiger partial charge is 0.399 e. The van der Waals surface area contributed by atoms with Gasteiger partial charge in [0.05, 0.1) is 5.71 Å². The van der Waals surface area contributed by atoms with Crippen molar-refractivity contribution in [3.63, 3.8) is 0 Å². The number of nitrogen functional groups attached to an aromatic ring is 1. The third-order valence-corrected chi connectivity index (χ3v) is 2.56. The summed E-state index contributed by atoms with van der Waals surface area (Å²) in [6.45, 7) is 1.87. The van der Waals surface area contributed by atoms with Crippen LogP contribution in [0, 0.1) is 0 Å². The number of rotatable bonds is 3. The molecule has 0 aliphatic rings. The van der Waals surface area contributed by atoms with Crippen LogP contribution in [-0.4, -0.2) is 15.7 Å². The maximum Gasteiger partial charge on any atom is 0.184 e. The first-order valence-corrected chi connectivity index (χ1v) is 5.67. The van der Waals surface area contributed by atoms with Gasteiger partial charge in [-0.25, -0.2) is 9.97 Å². The van der Waals surface area contributed by atoms with Crippen LogP contribution < -0.4 is 11.2 Å². The minimum absolute atomic E-state index is 0.279. The second-order valence-electron chi connectivity index (χ2n) is 3.63. The Balaban J connectivity index is 2.17. The van der Waals surface area contributed by atoms with E-state index in [9.17, 15) is 0 Å². The molecule has 0 fully saturated rings. The van der Waals surface area contributed by atoms with Crippen molar-refractivity contribution in [1.29, 1.82) is 0 Å². The van der Waals surface area contributed by atoms with E-state index in [1.165, 1.54) is 6.20 Å². The average molecular weight is 262 g/mol. The SMILES string of the molecule is CC(=NNc1nccnc1Cl)c1cccc(N)c1. The molecule has 0 unspecified atom stereocenters. The summed E-state index contributed by atoms with van der Waals surface area (Å²) in [7, 11) is 0. The van der Waals surface area contributed by atoms with Crippen molar-refractivity contribution in [3.8, 4) is 0 Å². The molecule has 0 bridgehead atoms. The van der Waals surface area contributed by atoms with E-state index in [1.807, 2.05) is 31.2 Å². The molecule has 0 amide bonds. The summed E-state index contributed by atoms with van der Waals surface area (Å²) < 4.78 is 0. The number of benzene rings is 1. The quantitative estimate of drug-likeness (QED) is 0.506. The smallest absolute Gasteiger partial charge is 0.184 e. The van der Waals surface area contributed by atoms with Crippen molar-refractivity contribution in [2.75, 3.05) is 11.2 Å². The van der Waals surface area contributed by atoms with Crippen LogP contribution in [0.5, 0.6) is 0 Å². The maximum absolute atomic E-state index is 5.85. The van der Waals surface area contributed by atoms with Crippen molar-refractivity contribution in [2.24, 2.45) is 5.10 Å². The Labute approximate surface area is 110 Å². The second-order valence-corrected chi connectivity index (χ2v) is 3.99. The Bertz CT molecular complexity index is 582. The maximum atomic E-state index is 5.85.